The summed E-state index contributed by atoms with van der Waals surface area (Å²) in [5.41, 5.74) is 3.56. The van der Waals surface area contributed by atoms with E-state index in [1.165, 1.54) is 30.3 Å². The Morgan fingerprint density at radius 3 is 2.45 bits per heavy atom. The van der Waals surface area contributed by atoms with E-state index in [1.54, 1.807) is 22.9 Å². The summed E-state index contributed by atoms with van der Waals surface area (Å²) in [6.45, 7) is 2.01. The van der Waals surface area contributed by atoms with Crippen molar-refractivity contribution in [3.63, 3.8) is 0 Å². The fourth-order valence-corrected chi connectivity index (χ4v) is 3.66. The van der Waals surface area contributed by atoms with Gasteiger partial charge in [-0.25, -0.2) is 13.5 Å². The molecular formula is C25H19F2N5O. The summed E-state index contributed by atoms with van der Waals surface area (Å²) in [7, 11) is 0. The fraction of sp³-hybridized carbons (Fsp3) is 0.0800. The van der Waals surface area contributed by atoms with E-state index in [1.807, 2.05) is 37.3 Å². The van der Waals surface area contributed by atoms with Gasteiger partial charge in [0.25, 0.3) is 11.9 Å². The van der Waals surface area contributed by atoms with Crippen LogP contribution in [0.5, 0.6) is 0 Å². The van der Waals surface area contributed by atoms with Crippen LogP contribution in [0, 0.1) is 18.6 Å². The first-order chi connectivity index (χ1) is 16.0. The van der Waals surface area contributed by atoms with Crippen LogP contribution in [-0.4, -0.2) is 20.7 Å². The summed E-state index contributed by atoms with van der Waals surface area (Å²) in [6.07, 6.45) is 1.96. The van der Waals surface area contributed by atoms with Crippen LogP contribution in [0.15, 0.2) is 78.9 Å². The lowest BCUT2D eigenvalue weighted by atomic mass is 10.0. The van der Waals surface area contributed by atoms with Gasteiger partial charge in [0, 0.05) is 5.70 Å². The van der Waals surface area contributed by atoms with Gasteiger partial charge in [0.1, 0.15) is 17.7 Å². The van der Waals surface area contributed by atoms with E-state index in [2.05, 4.69) is 20.7 Å². The average molecular weight is 443 g/mol. The number of hydrogen-bond donors (Lipinski definition) is 2. The van der Waals surface area contributed by atoms with E-state index in [0.29, 0.717) is 5.95 Å². The van der Waals surface area contributed by atoms with Gasteiger partial charge in [-0.2, -0.15) is 4.98 Å². The van der Waals surface area contributed by atoms with E-state index in [-0.39, 0.29) is 17.3 Å². The maximum Gasteiger partial charge on any atom is 0.261 e. The maximum absolute atomic E-state index is 14.0. The number of nitrogens with zero attached hydrogens (tertiary/aromatic N) is 3. The second kappa shape index (κ2) is 8.31. The highest BCUT2D eigenvalue weighted by molar-refractivity contribution is 6.03. The normalized spacial score (nSPS) is 14.8. The predicted molar refractivity (Wildman–Crippen MR) is 122 cm³/mol. The van der Waals surface area contributed by atoms with Crippen molar-refractivity contribution in [3.8, 4) is 0 Å². The van der Waals surface area contributed by atoms with E-state index in [0.717, 1.165) is 22.4 Å². The highest BCUT2D eigenvalue weighted by atomic mass is 19.1. The zero-order chi connectivity index (χ0) is 22.9. The summed E-state index contributed by atoms with van der Waals surface area (Å²) < 4.78 is 29.1. The second-order valence-corrected chi connectivity index (χ2v) is 7.71. The third kappa shape index (κ3) is 4.10. The lowest BCUT2D eigenvalue weighted by Gasteiger charge is -2.24. The number of aromatic nitrogens is 3. The molecule has 0 fully saturated rings. The minimum absolute atomic E-state index is 0.0245. The summed E-state index contributed by atoms with van der Waals surface area (Å²) in [6, 6.07) is 19.4. The van der Waals surface area contributed by atoms with Gasteiger partial charge in [0.15, 0.2) is 0 Å². The second-order valence-electron chi connectivity index (χ2n) is 7.71. The molecule has 3 aromatic carbocycles. The molecule has 1 aromatic heterocycles. The van der Waals surface area contributed by atoms with Crippen LogP contribution in [0.25, 0.3) is 5.70 Å². The quantitative estimate of drug-likeness (QED) is 0.456. The number of allylic oxidation sites excluding steroid dienone is 1. The Balaban J connectivity index is 1.52. The molecule has 5 rings (SSSR count). The molecule has 1 aliphatic heterocycles. The molecule has 2 N–H and O–H groups in total. The van der Waals surface area contributed by atoms with Crippen molar-refractivity contribution in [2.24, 2.45) is 0 Å². The average Bonchev–Trinajstić information content (AvgIpc) is 3.22. The van der Waals surface area contributed by atoms with Crippen LogP contribution in [0.1, 0.15) is 33.1 Å². The minimum Gasteiger partial charge on any atom is -0.324 e. The summed E-state index contributed by atoms with van der Waals surface area (Å²) in [5, 5.41) is 10.2. The summed E-state index contributed by atoms with van der Waals surface area (Å²) in [5.74, 6) is -1.21. The summed E-state index contributed by atoms with van der Waals surface area (Å²) >= 11 is 0. The molecule has 0 aliphatic carbocycles. The predicted octanol–water partition coefficient (Wildman–Crippen LogP) is 5.17. The SMILES string of the molecule is Cc1ccc(C2=CC(c3ccc(F)cc3)n3nc(NC(=O)c4ccccc4F)nc3N2)cc1. The number of aryl methyl sites for hydroxylation is 1. The van der Waals surface area contributed by atoms with Crippen LogP contribution < -0.4 is 10.6 Å². The number of hydrogen-bond acceptors (Lipinski definition) is 4. The molecule has 1 aliphatic rings. The molecule has 6 nitrogen and oxygen atoms in total. The van der Waals surface area contributed by atoms with Gasteiger partial charge < -0.3 is 5.32 Å². The molecule has 8 heteroatoms. The number of halogens is 2. The molecule has 1 unspecified atom stereocenters. The standard InChI is InChI=1S/C25H19F2N5O/c1-15-6-8-16(9-7-15)21-14-22(17-10-12-18(26)13-11-17)32-25(28-21)30-24(31-32)29-23(33)19-4-2-3-5-20(19)27/h2-14,22H,1H3,(H2,28,29,30,31,33). The molecule has 0 bridgehead atoms. The van der Waals surface area contributed by atoms with E-state index in [9.17, 15) is 13.6 Å². The monoisotopic (exact) mass is 443 g/mol. The number of benzene rings is 3. The Morgan fingerprint density at radius 2 is 1.73 bits per heavy atom. The van der Waals surface area contributed by atoms with Gasteiger partial charge >= 0.3 is 0 Å². The van der Waals surface area contributed by atoms with Crippen molar-refractivity contribution in [2.75, 3.05) is 10.6 Å². The van der Waals surface area contributed by atoms with Crippen molar-refractivity contribution >= 4 is 23.5 Å². The third-order valence-electron chi connectivity index (χ3n) is 5.38. The first-order valence-corrected chi connectivity index (χ1v) is 10.3. The first-order valence-electron chi connectivity index (χ1n) is 10.3. The number of carbonyl (C=O) groups excluding carboxylic acids is 1. The first kappa shape index (κ1) is 20.6. The van der Waals surface area contributed by atoms with E-state index in [4.69, 9.17) is 0 Å². The molecule has 1 atom stereocenters. The zero-order valence-electron chi connectivity index (χ0n) is 17.6. The van der Waals surface area contributed by atoms with E-state index >= 15 is 0 Å². The molecule has 1 amide bonds. The van der Waals surface area contributed by atoms with Crippen molar-refractivity contribution in [2.45, 2.75) is 13.0 Å². The number of nitrogens with one attached hydrogen (secondary N) is 2. The van der Waals surface area contributed by atoms with Crippen LogP contribution in [0.3, 0.4) is 0 Å². The molecule has 0 saturated carbocycles. The molecule has 0 saturated heterocycles. The van der Waals surface area contributed by atoms with Crippen LogP contribution >= 0.6 is 0 Å². The smallest absolute Gasteiger partial charge is 0.261 e. The van der Waals surface area contributed by atoms with Crippen molar-refractivity contribution in [1.82, 2.24) is 14.8 Å². The topological polar surface area (TPSA) is 71.8 Å². The maximum atomic E-state index is 14.0. The Morgan fingerprint density at radius 1 is 1.00 bits per heavy atom. The minimum atomic E-state index is -0.652. The van der Waals surface area contributed by atoms with Gasteiger partial charge in [-0.3, -0.25) is 10.1 Å². The highest BCUT2D eigenvalue weighted by Gasteiger charge is 2.26. The van der Waals surface area contributed by atoms with Gasteiger partial charge in [-0.05, 0) is 48.4 Å². The Kier molecular flexibility index (Phi) is 5.18. The van der Waals surface area contributed by atoms with Crippen LogP contribution in [0.4, 0.5) is 20.7 Å². The van der Waals surface area contributed by atoms with Gasteiger partial charge in [-0.1, -0.05) is 54.1 Å². The largest absolute Gasteiger partial charge is 0.324 e. The van der Waals surface area contributed by atoms with Crippen LogP contribution in [0.2, 0.25) is 0 Å². The molecule has 164 valence electrons. The lowest BCUT2D eigenvalue weighted by molar-refractivity contribution is 0.102. The van der Waals surface area contributed by atoms with Gasteiger partial charge in [-0.15, -0.1) is 5.10 Å². The molecule has 0 radical (unpaired) electrons. The van der Waals surface area contributed by atoms with Crippen molar-refractivity contribution in [1.29, 1.82) is 0 Å². The molecule has 2 heterocycles. The fourth-order valence-electron chi connectivity index (χ4n) is 3.66. The highest BCUT2D eigenvalue weighted by Crippen LogP contribution is 2.33. The molecular weight excluding hydrogens is 424 g/mol. The third-order valence-corrected chi connectivity index (χ3v) is 5.38. The number of fused-ring (bicyclic) bond motifs is 1. The molecule has 0 spiro atoms. The number of carbonyl (C=O) groups is 1. The summed E-state index contributed by atoms with van der Waals surface area (Å²) in [4.78, 5) is 16.9. The Hall–Kier alpha value is -4.33. The van der Waals surface area contributed by atoms with Crippen LogP contribution in [-0.2, 0) is 0 Å². The zero-order valence-corrected chi connectivity index (χ0v) is 17.6. The van der Waals surface area contributed by atoms with Gasteiger partial charge in [0.05, 0.1) is 5.56 Å². The number of amides is 1. The Labute approximate surface area is 188 Å². The van der Waals surface area contributed by atoms with Gasteiger partial charge in [0.2, 0.25) is 5.95 Å². The van der Waals surface area contributed by atoms with Crippen molar-refractivity contribution < 1.29 is 13.6 Å². The molecule has 4 aromatic rings. The lowest BCUT2D eigenvalue weighted by Crippen LogP contribution is -2.20. The number of anilines is 2. The number of rotatable bonds is 4. The molecule has 33 heavy (non-hydrogen) atoms. The van der Waals surface area contributed by atoms with Crippen molar-refractivity contribution in [3.05, 3.63) is 113 Å². The Bertz CT molecular complexity index is 1360. The van der Waals surface area contributed by atoms with E-state index < -0.39 is 17.8 Å².